The Bertz CT molecular complexity index is 746. The number of nitrogens with two attached hydrogens (primary N) is 1. The smallest absolute Gasteiger partial charge is 0.260 e. The van der Waals surface area contributed by atoms with Crippen molar-refractivity contribution >= 4 is 40.0 Å². The van der Waals surface area contributed by atoms with Gasteiger partial charge < -0.3 is 10.3 Å². The van der Waals surface area contributed by atoms with Crippen LogP contribution in [0.3, 0.4) is 0 Å². The van der Waals surface area contributed by atoms with Crippen LogP contribution in [0.4, 0.5) is 5.69 Å². The van der Waals surface area contributed by atoms with Crippen LogP contribution in [0.25, 0.3) is 11.5 Å². The third-order valence-electron chi connectivity index (χ3n) is 2.82. The van der Waals surface area contributed by atoms with E-state index in [9.17, 15) is 0 Å². The van der Waals surface area contributed by atoms with Gasteiger partial charge in [-0.25, -0.2) is 0 Å². The second-order valence-corrected chi connectivity index (χ2v) is 6.64. The maximum Gasteiger partial charge on any atom is 0.260 e. The van der Waals surface area contributed by atoms with Gasteiger partial charge in [0.1, 0.15) is 0 Å². The standard InChI is InChI=1S/C15H12IN3OS/c16-10-6-7-13(17)12(8-10)15-18-14(19-20-15)9-21-11-4-2-1-3-5-11/h1-8H,9,17H2. The van der Waals surface area contributed by atoms with Gasteiger partial charge in [-0.3, -0.25) is 0 Å². The van der Waals surface area contributed by atoms with E-state index in [-0.39, 0.29) is 0 Å². The lowest BCUT2D eigenvalue weighted by molar-refractivity contribution is 0.425. The van der Waals surface area contributed by atoms with Gasteiger partial charge in [-0.15, -0.1) is 11.8 Å². The van der Waals surface area contributed by atoms with E-state index in [1.807, 2.05) is 36.4 Å². The van der Waals surface area contributed by atoms with Crippen molar-refractivity contribution in [2.24, 2.45) is 0 Å². The quantitative estimate of drug-likeness (QED) is 0.397. The Balaban J connectivity index is 1.76. The number of hydrogen-bond donors (Lipinski definition) is 1. The number of nitrogen functional groups attached to an aromatic ring is 1. The molecular weight excluding hydrogens is 397 g/mol. The molecule has 0 amide bonds. The Kier molecular flexibility index (Phi) is 4.45. The van der Waals surface area contributed by atoms with Crippen molar-refractivity contribution in [1.82, 2.24) is 10.1 Å². The highest BCUT2D eigenvalue weighted by atomic mass is 127. The molecule has 3 aromatic rings. The van der Waals surface area contributed by atoms with E-state index < -0.39 is 0 Å². The van der Waals surface area contributed by atoms with Crippen LogP contribution in [0.15, 0.2) is 57.9 Å². The molecule has 6 heteroatoms. The fraction of sp³-hybridized carbons (Fsp3) is 0.0667. The number of aromatic nitrogens is 2. The molecule has 2 aromatic carbocycles. The van der Waals surface area contributed by atoms with Crippen LogP contribution >= 0.6 is 34.4 Å². The van der Waals surface area contributed by atoms with E-state index in [1.165, 1.54) is 4.90 Å². The van der Waals surface area contributed by atoms with Gasteiger partial charge in [-0.05, 0) is 52.9 Å². The SMILES string of the molecule is Nc1ccc(I)cc1-c1nc(CSc2ccccc2)no1. The molecule has 0 saturated heterocycles. The maximum absolute atomic E-state index is 5.96. The molecule has 0 unspecified atom stereocenters. The van der Waals surface area contributed by atoms with Crippen molar-refractivity contribution in [3.05, 3.63) is 57.9 Å². The second kappa shape index (κ2) is 6.48. The predicted molar refractivity (Wildman–Crippen MR) is 92.9 cm³/mol. The fourth-order valence-corrected chi connectivity index (χ4v) is 3.05. The second-order valence-electron chi connectivity index (χ2n) is 4.35. The van der Waals surface area contributed by atoms with Crippen molar-refractivity contribution in [1.29, 1.82) is 0 Å². The molecule has 0 bridgehead atoms. The minimum atomic E-state index is 0.467. The number of anilines is 1. The van der Waals surface area contributed by atoms with Crippen LogP contribution < -0.4 is 5.73 Å². The van der Waals surface area contributed by atoms with E-state index in [2.05, 4.69) is 44.9 Å². The summed E-state index contributed by atoms with van der Waals surface area (Å²) in [7, 11) is 0. The van der Waals surface area contributed by atoms with E-state index >= 15 is 0 Å². The van der Waals surface area contributed by atoms with Crippen LogP contribution in [0, 0.1) is 3.57 Å². The lowest BCUT2D eigenvalue weighted by Gasteiger charge is -2.00. The summed E-state index contributed by atoms with van der Waals surface area (Å²) < 4.78 is 6.40. The minimum Gasteiger partial charge on any atom is -0.398 e. The van der Waals surface area contributed by atoms with Crippen LogP contribution in [0.5, 0.6) is 0 Å². The fourth-order valence-electron chi connectivity index (χ4n) is 1.80. The lowest BCUT2D eigenvalue weighted by Crippen LogP contribution is -1.91. The van der Waals surface area contributed by atoms with Gasteiger partial charge in [0, 0.05) is 14.2 Å². The molecule has 21 heavy (non-hydrogen) atoms. The topological polar surface area (TPSA) is 64.9 Å². The number of benzene rings is 2. The van der Waals surface area contributed by atoms with Gasteiger partial charge in [0.25, 0.3) is 5.89 Å². The molecule has 0 aliphatic heterocycles. The summed E-state index contributed by atoms with van der Waals surface area (Å²) in [6.45, 7) is 0. The Hall–Kier alpha value is -1.54. The summed E-state index contributed by atoms with van der Waals surface area (Å²) >= 11 is 3.90. The highest BCUT2D eigenvalue weighted by molar-refractivity contribution is 14.1. The van der Waals surface area contributed by atoms with Crippen molar-refractivity contribution in [3.63, 3.8) is 0 Å². The van der Waals surface area contributed by atoms with Crippen LogP contribution in [0.1, 0.15) is 5.82 Å². The van der Waals surface area contributed by atoms with E-state index in [0.717, 1.165) is 9.13 Å². The molecule has 1 heterocycles. The highest BCUT2D eigenvalue weighted by Gasteiger charge is 2.12. The number of nitrogens with zero attached hydrogens (tertiary/aromatic N) is 2. The molecule has 2 N–H and O–H groups in total. The van der Waals surface area contributed by atoms with Gasteiger partial charge >= 0.3 is 0 Å². The van der Waals surface area contributed by atoms with Crippen molar-refractivity contribution in [2.45, 2.75) is 10.6 Å². The molecule has 0 atom stereocenters. The predicted octanol–water partition coefficient (Wildman–Crippen LogP) is 4.22. The minimum absolute atomic E-state index is 0.467. The molecule has 4 nitrogen and oxygen atoms in total. The van der Waals surface area contributed by atoms with Gasteiger partial charge in [0.2, 0.25) is 0 Å². The third kappa shape index (κ3) is 3.56. The van der Waals surface area contributed by atoms with E-state index in [4.69, 9.17) is 10.3 Å². The monoisotopic (exact) mass is 409 g/mol. The van der Waals surface area contributed by atoms with Gasteiger partial charge in [0.15, 0.2) is 5.82 Å². The average Bonchev–Trinajstić information content (AvgIpc) is 2.97. The van der Waals surface area contributed by atoms with Gasteiger partial charge in [-0.1, -0.05) is 23.4 Å². The Labute approximate surface area is 140 Å². The molecule has 1 aromatic heterocycles. The molecule has 0 saturated carbocycles. The molecule has 0 fully saturated rings. The Morgan fingerprint density at radius 2 is 1.95 bits per heavy atom. The molecular formula is C15H12IN3OS. The number of rotatable bonds is 4. The Morgan fingerprint density at radius 1 is 1.14 bits per heavy atom. The van der Waals surface area contributed by atoms with Crippen molar-refractivity contribution in [3.8, 4) is 11.5 Å². The average molecular weight is 409 g/mol. The first-order chi connectivity index (χ1) is 10.2. The van der Waals surface area contributed by atoms with Crippen LogP contribution in [-0.4, -0.2) is 10.1 Å². The van der Waals surface area contributed by atoms with Gasteiger partial charge in [0.05, 0.1) is 11.3 Å². The van der Waals surface area contributed by atoms with Crippen LogP contribution in [-0.2, 0) is 5.75 Å². The summed E-state index contributed by atoms with van der Waals surface area (Å²) in [6.07, 6.45) is 0. The van der Waals surface area contributed by atoms with Crippen molar-refractivity contribution in [2.75, 3.05) is 5.73 Å². The summed E-state index contributed by atoms with van der Waals surface area (Å²) in [6, 6.07) is 15.9. The first kappa shape index (κ1) is 14.4. The molecule has 0 aliphatic rings. The molecule has 0 radical (unpaired) electrons. The number of thioether (sulfide) groups is 1. The molecule has 0 aliphatic carbocycles. The molecule has 106 valence electrons. The zero-order valence-corrected chi connectivity index (χ0v) is 14.0. The molecule has 0 spiro atoms. The lowest BCUT2D eigenvalue weighted by atomic mass is 10.2. The summed E-state index contributed by atoms with van der Waals surface area (Å²) in [5.74, 6) is 1.80. The largest absolute Gasteiger partial charge is 0.398 e. The summed E-state index contributed by atoms with van der Waals surface area (Å²) in [5.41, 5.74) is 7.38. The Morgan fingerprint density at radius 3 is 2.76 bits per heavy atom. The molecule has 3 rings (SSSR count). The van der Waals surface area contributed by atoms with Gasteiger partial charge in [-0.2, -0.15) is 4.98 Å². The van der Waals surface area contributed by atoms with E-state index in [1.54, 1.807) is 11.8 Å². The zero-order chi connectivity index (χ0) is 14.7. The zero-order valence-electron chi connectivity index (χ0n) is 11.0. The maximum atomic E-state index is 5.96. The third-order valence-corrected chi connectivity index (χ3v) is 4.50. The summed E-state index contributed by atoms with van der Waals surface area (Å²) in [5, 5.41) is 4.01. The first-order valence-corrected chi connectivity index (χ1v) is 8.34. The normalized spacial score (nSPS) is 10.7. The van der Waals surface area contributed by atoms with Crippen LogP contribution in [0.2, 0.25) is 0 Å². The van der Waals surface area contributed by atoms with Crippen molar-refractivity contribution < 1.29 is 4.52 Å². The first-order valence-electron chi connectivity index (χ1n) is 6.28. The highest BCUT2D eigenvalue weighted by Crippen LogP contribution is 2.27. The number of hydrogen-bond acceptors (Lipinski definition) is 5. The summed E-state index contributed by atoms with van der Waals surface area (Å²) in [4.78, 5) is 5.59. The number of halogens is 1. The van der Waals surface area contributed by atoms with E-state index in [0.29, 0.717) is 23.2 Å².